The number of aliphatic hydroxyl groups excluding tert-OH is 1. The van der Waals surface area contributed by atoms with Gasteiger partial charge < -0.3 is 10.8 Å². The predicted octanol–water partition coefficient (Wildman–Crippen LogP) is 1.33. The molecule has 0 bridgehead atoms. The minimum atomic E-state index is -3.68. The second-order valence-corrected chi connectivity index (χ2v) is 6.79. The summed E-state index contributed by atoms with van der Waals surface area (Å²) in [6.45, 7) is 1.51. The highest BCUT2D eigenvalue weighted by Gasteiger charge is 2.21. The van der Waals surface area contributed by atoms with Crippen LogP contribution in [0.5, 0.6) is 0 Å². The van der Waals surface area contributed by atoms with Crippen molar-refractivity contribution in [2.75, 3.05) is 10.5 Å². The van der Waals surface area contributed by atoms with Crippen LogP contribution in [0.3, 0.4) is 0 Å². The number of aromatic nitrogens is 1. The molecular weight excluding hydrogens is 286 g/mol. The molecular formula is C11H13N3O3S2. The number of sulfonamides is 1. The first-order valence-electron chi connectivity index (χ1n) is 5.38. The van der Waals surface area contributed by atoms with Gasteiger partial charge in [-0.2, -0.15) is 0 Å². The first kappa shape index (κ1) is 13.8. The van der Waals surface area contributed by atoms with E-state index in [0.29, 0.717) is 16.9 Å². The zero-order chi connectivity index (χ0) is 14.0. The van der Waals surface area contributed by atoms with E-state index in [4.69, 9.17) is 10.8 Å². The average molecular weight is 299 g/mol. The number of hydrogen-bond acceptors (Lipinski definition) is 6. The summed E-state index contributed by atoms with van der Waals surface area (Å²) in [4.78, 5) is 3.89. The molecule has 102 valence electrons. The van der Waals surface area contributed by atoms with Gasteiger partial charge in [-0.3, -0.25) is 4.72 Å². The molecule has 0 saturated heterocycles. The summed E-state index contributed by atoms with van der Waals surface area (Å²) >= 11 is 0.924. The van der Waals surface area contributed by atoms with Crippen LogP contribution in [-0.2, 0) is 16.6 Å². The van der Waals surface area contributed by atoms with Crippen LogP contribution in [-0.4, -0.2) is 18.5 Å². The number of aliphatic hydroxyl groups is 1. The maximum atomic E-state index is 12.1. The van der Waals surface area contributed by atoms with E-state index in [1.165, 1.54) is 0 Å². The molecule has 1 aromatic heterocycles. The Labute approximate surface area is 115 Å². The van der Waals surface area contributed by atoms with Gasteiger partial charge in [0.1, 0.15) is 0 Å². The zero-order valence-electron chi connectivity index (χ0n) is 10.1. The smallest absolute Gasteiger partial charge is 0.273 e. The number of hydrogen-bond donors (Lipinski definition) is 3. The molecule has 0 aliphatic heterocycles. The normalized spacial score (nSPS) is 11.5. The van der Waals surface area contributed by atoms with Gasteiger partial charge in [-0.05, 0) is 24.6 Å². The molecule has 6 nitrogen and oxygen atoms in total. The number of thiazole rings is 1. The Balaban J connectivity index is 2.28. The summed E-state index contributed by atoms with van der Waals surface area (Å²) in [6, 6.07) is 6.46. The quantitative estimate of drug-likeness (QED) is 0.789. The number of anilines is 2. The van der Waals surface area contributed by atoms with Crippen molar-refractivity contribution >= 4 is 32.2 Å². The largest absolute Gasteiger partial charge is 0.392 e. The molecule has 0 saturated carbocycles. The fraction of sp³-hybridized carbons (Fsp3) is 0.182. The van der Waals surface area contributed by atoms with Crippen LogP contribution in [0.2, 0.25) is 0 Å². The van der Waals surface area contributed by atoms with Crippen LogP contribution in [0.4, 0.5) is 10.8 Å². The molecule has 0 aliphatic rings. The SMILES string of the molecule is Cc1nc(N)sc1S(=O)(=O)Nc1ccc(CO)cc1. The second kappa shape index (κ2) is 5.16. The van der Waals surface area contributed by atoms with E-state index < -0.39 is 10.0 Å². The molecule has 1 aromatic carbocycles. The van der Waals surface area contributed by atoms with Gasteiger partial charge in [0.25, 0.3) is 10.0 Å². The lowest BCUT2D eigenvalue weighted by atomic mass is 10.2. The Morgan fingerprint density at radius 2 is 2.00 bits per heavy atom. The molecule has 0 atom stereocenters. The van der Waals surface area contributed by atoms with Crippen molar-refractivity contribution in [3.8, 4) is 0 Å². The molecule has 8 heteroatoms. The lowest BCUT2D eigenvalue weighted by molar-refractivity contribution is 0.282. The molecule has 0 aliphatic carbocycles. The molecule has 19 heavy (non-hydrogen) atoms. The number of nitrogens with one attached hydrogen (secondary N) is 1. The first-order valence-corrected chi connectivity index (χ1v) is 7.68. The number of rotatable bonds is 4. The molecule has 0 fully saturated rings. The minimum absolute atomic E-state index is 0.0858. The maximum Gasteiger partial charge on any atom is 0.273 e. The number of nitrogen functional groups attached to an aromatic ring is 1. The Hall–Kier alpha value is -1.64. The topological polar surface area (TPSA) is 105 Å². The van der Waals surface area contributed by atoms with Crippen LogP contribution in [0.1, 0.15) is 11.3 Å². The summed E-state index contributed by atoms with van der Waals surface area (Å²) < 4.78 is 26.8. The van der Waals surface area contributed by atoms with Crippen molar-refractivity contribution in [2.45, 2.75) is 17.7 Å². The van der Waals surface area contributed by atoms with E-state index >= 15 is 0 Å². The van der Waals surface area contributed by atoms with E-state index in [1.807, 2.05) is 0 Å². The van der Waals surface area contributed by atoms with E-state index in [1.54, 1.807) is 31.2 Å². The zero-order valence-corrected chi connectivity index (χ0v) is 11.8. The molecule has 2 rings (SSSR count). The van der Waals surface area contributed by atoms with Crippen molar-refractivity contribution in [1.29, 1.82) is 0 Å². The third kappa shape index (κ3) is 3.03. The van der Waals surface area contributed by atoms with Crippen LogP contribution < -0.4 is 10.5 Å². The van der Waals surface area contributed by atoms with Crippen LogP contribution in [0.15, 0.2) is 28.5 Å². The summed E-state index contributed by atoms with van der Waals surface area (Å²) in [7, 11) is -3.68. The summed E-state index contributed by atoms with van der Waals surface area (Å²) in [5, 5.41) is 9.14. The average Bonchev–Trinajstić information content (AvgIpc) is 2.70. The van der Waals surface area contributed by atoms with Crippen LogP contribution in [0, 0.1) is 6.92 Å². The van der Waals surface area contributed by atoms with Crippen molar-refractivity contribution in [1.82, 2.24) is 4.98 Å². The van der Waals surface area contributed by atoms with Gasteiger partial charge in [-0.1, -0.05) is 23.5 Å². The Bertz CT molecular complexity index is 678. The third-order valence-electron chi connectivity index (χ3n) is 2.40. The Morgan fingerprint density at radius 1 is 1.37 bits per heavy atom. The molecule has 4 N–H and O–H groups in total. The van der Waals surface area contributed by atoms with Gasteiger partial charge in [0, 0.05) is 5.69 Å². The van der Waals surface area contributed by atoms with Crippen molar-refractivity contribution in [3.63, 3.8) is 0 Å². The van der Waals surface area contributed by atoms with Crippen molar-refractivity contribution in [3.05, 3.63) is 35.5 Å². The highest BCUT2D eigenvalue weighted by molar-refractivity contribution is 7.94. The second-order valence-electron chi connectivity index (χ2n) is 3.89. The molecule has 0 unspecified atom stereocenters. The Kier molecular flexibility index (Phi) is 3.74. The van der Waals surface area contributed by atoms with Gasteiger partial charge in [-0.15, -0.1) is 0 Å². The minimum Gasteiger partial charge on any atom is -0.392 e. The van der Waals surface area contributed by atoms with Gasteiger partial charge >= 0.3 is 0 Å². The fourth-order valence-electron chi connectivity index (χ4n) is 1.53. The van der Waals surface area contributed by atoms with Gasteiger partial charge in [0.05, 0.1) is 12.3 Å². The van der Waals surface area contributed by atoms with E-state index in [-0.39, 0.29) is 15.9 Å². The maximum absolute atomic E-state index is 12.1. The molecule has 1 heterocycles. The molecule has 2 aromatic rings. The van der Waals surface area contributed by atoms with Crippen molar-refractivity contribution in [2.24, 2.45) is 0 Å². The summed E-state index contributed by atoms with van der Waals surface area (Å²) in [5.74, 6) is 0. The van der Waals surface area contributed by atoms with Crippen LogP contribution in [0.25, 0.3) is 0 Å². The third-order valence-corrected chi connectivity index (χ3v) is 5.38. The molecule has 0 radical (unpaired) electrons. The number of aryl methyl sites for hydroxylation is 1. The first-order chi connectivity index (χ1) is 8.92. The number of nitrogens with two attached hydrogens (primary N) is 1. The number of benzene rings is 1. The van der Waals surface area contributed by atoms with Gasteiger partial charge in [0.15, 0.2) is 9.34 Å². The van der Waals surface area contributed by atoms with E-state index in [9.17, 15) is 8.42 Å². The fourth-order valence-corrected chi connectivity index (χ4v) is 3.89. The summed E-state index contributed by atoms with van der Waals surface area (Å²) in [5.41, 5.74) is 7.00. The van der Waals surface area contributed by atoms with Crippen LogP contribution >= 0.6 is 11.3 Å². The Morgan fingerprint density at radius 3 is 2.47 bits per heavy atom. The lowest BCUT2D eigenvalue weighted by Gasteiger charge is -2.07. The summed E-state index contributed by atoms with van der Waals surface area (Å²) in [6.07, 6.45) is 0. The van der Waals surface area contributed by atoms with Gasteiger partial charge in [0.2, 0.25) is 0 Å². The number of nitrogens with zero attached hydrogens (tertiary/aromatic N) is 1. The predicted molar refractivity (Wildman–Crippen MR) is 74.4 cm³/mol. The highest BCUT2D eigenvalue weighted by Crippen LogP contribution is 2.26. The van der Waals surface area contributed by atoms with E-state index in [0.717, 1.165) is 11.3 Å². The van der Waals surface area contributed by atoms with E-state index in [2.05, 4.69) is 9.71 Å². The van der Waals surface area contributed by atoms with Crippen molar-refractivity contribution < 1.29 is 13.5 Å². The van der Waals surface area contributed by atoms with Gasteiger partial charge in [-0.25, -0.2) is 13.4 Å². The lowest BCUT2D eigenvalue weighted by Crippen LogP contribution is -2.12. The monoisotopic (exact) mass is 299 g/mol. The standard InChI is InChI=1S/C11H13N3O3S2/c1-7-10(18-11(12)13-7)19(16,17)14-9-4-2-8(6-15)3-5-9/h2-5,14-15H,6H2,1H3,(H2,12,13). The molecule has 0 amide bonds. The highest BCUT2D eigenvalue weighted by atomic mass is 32.2. The molecule has 0 spiro atoms.